The van der Waals surface area contributed by atoms with Gasteiger partial charge in [0.25, 0.3) is 0 Å². The number of rotatable bonds is 8. The number of aromatic nitrogens is 2. The van der Waals surface area contributed by atoms with Gasteiger partial charge in [-0.3, -0.25) is 20.0 Å². The SMILES string of the molecule is C(=Nc1ccc2ccccc2c1)c1cccc(C=Nc2ccc3ccccc3c2)n1.C(=Nc1ccc2ccccc2c1)c1cccc(C=Nc2ccc3ccccc3c2)n1.CC#N.CC#N.O=S(=O)([O-])C(F)(F)F.O=S(=O)([O-])C(F)(F)F.[Zn+2]. The van der Waals surface area contributed by atoms with Gasteiger partial charge < -0.3 is 9.11 Å². The third-order valence-corrected chi connectivity index (χ3v) is 11.6. The maximum Gasteiger partial charge on any atom is 2.00 e. The molecule has 83 heavy (non-hydrogen) atoms. The number of aliphatic imine (C=N–C) groups is 4. The van der Waals surface area contributed by atoms with Gasteiger partial charge in [-0.15, -0.1) is 0 Å². The van der Waals surface area contributed by atoms with Crippen LogP contribution in [0.1, 0.15) is 36.6 Å². The van der Waals surface area contributed by atoms with Crippen LogP contribution in [0, 0.1) is 22.7 Å². The van der Waals surface area contributed by atoms with Crippen LogP contribution in [0.5, 0.6) is 0 Å². The standard InChI is InChI=1S/2C27H19N3.2C2H3N.2CHF3O3S.Zn/c2*1-3-8-22-16-24(14-12-20(22)6-1)28-18-26-10-5-11-27(30-26)19-29-25-15-13-21-7-2-4-9-23(21)17-25;2*1-2-3;2*2-1(3,4)8(5,6)7;/h2*1-19H;2*1H3;2*(H,5,6,7);/q;;;;;;+2/p-2. The van der Waals surface area contributed by atoms with Gasteiger partial charge in [-0.25, -0.2) is 26.8 Å². The largest absolute Gasteiger partial charge is 2.00 e. The Hall–Kier alpha value is -9.22. The minimum absolute atomic E-state index is 0. The second-order valence-corrected chi connectivity index (χ2v) is 19.1. The van der Waals surface area contributed by atoms with E-state index in [0.717, 1.165) is 45.5 Å². The van der Waals surface area contributed by atoms with E-state index in [4.69, 9.17) is 36.5 Å². The van der Waals surface area contributed by atoms with Gasteiger partial charge in [0.05, 0.1) is 82.5 Å². The zero-order chi connectivity index (χ0) is 59.8. The van der Waals surface area contributed by atoms with E-state index in [1.54, 1.807) is 37.0 Å². The number of pyridine rings is 2. The number of halogens is 6. The van der Waals surface area contributed by atoms with Crippen LogP contribution < -0.4 is 0 Å². The van der Waals surface area contributed by atoms with E-state index in [1.807, 2.05) is 109 Å². The first-order chi connectivity index (χ1) is 39.0. The molecule has 0 saturated carbocycles. The molecule has 0 amide bonds. The van der Waals surface area contributed by atoms with E-state index in [0.29, 0.717) is 0 Å². The first-order valence-corrected chi connectivity index (χ1v) is 26.5. The molecule has 0 fully saturated rings. The number of fused-ring (bicyclic) bond motifs is 4. The second-order valence-electron chi connectivity index (χ2n) is 16.4. The fraction of sp³-hybridized carbons (Fsp3) is 0.0667. The van der Waals surface area contributed by atoms with Crippen LogP contribution in [-0.2, 0) is 39.7 Å². The van der Waals surface area contributed by atoms with E-state index in [1.165, 1.54) is 56.9 Å². The maximum absolute atomic E-state index is 10.7. The minimum Gasteiger partial charge on any atom is -0.741 e. The Morgan fingerprint density at radius 1 is 0.373 bits per heavy atom. The van der Waals surface area contributed by atoms with Crippen molar-refractivity contribution in [2.75, 3.05) is 0 Å². The summed E-state index contributed by atoms with van der Waals surface area (Å²) in [7, 11) is -12.2. The molecule has 10 aromatic rings. The van der Waals surface area contributed by atoms with Crippen molar-refractivity contribution in [3.63, 3.8) is 0 Å². The number of alkyl halides is 6. The Kier molecular flexibility index (Phi) is 25.3. The Morgan fingerprint density at radius 3 is 0.735 bits per heavy atom. The van der Waals surface area contributed by atoms with Crippen molar-refractivity contribution in [2.45, 2.75) is 24.9 Å². The van der Waals surface area contributed by atoms with Crippen LogP contribution in [0.2, 0.25) is 0 Å². The van der Waals surface area contributed by atoms with Crippen molar-refractivity contribution in [1.82, 2.24) is 9.97 Å². The summed E-state index contributed by atoms with van der Waals surface area (Å²) < 4.78 is 118. The summed E-state index contributed by atoms with van der Waals surface area (Å²) in [5.74, 6) is 0. The molecular weight excluding hydrogens is 1170 g/mol. The average Bonchev–Trinajstić information content (AvgIpc) is 3.47. The molecular formula is C60H44F6N8O6S2Zn. The maximum atomic E-state index is 10.7. The number of hydrogen-bond donors (Lipinski definition) is 0. The van der Waals surface area contributed by atoms with E-state index in [-0.39, 0.29) is 19.5 Å². The van der Waals surface area contributed by atoms with Crippen LogP contribution in [0.25, 0.3) is 43.1 Å². The Morgan fingerprint density at radius 2 is 0.554 bits per heavy atom. The van der Waals surface area contributed by atoms with Crippen molar-refractivity contribution < 1.29 is 71.8 Å². The summed E-state index contributed by atoms with van der Waals surface area (Å²) in [5, 5.41) is 24.2. The predicted molar refractivity (Wildman–Crippen MR) is 307 cm³/mol. The summed E-state index contributed by atoms with van der Waals surface area (Å²) >= 11 is 0. The molecule has 0 radical (unpaired) electrons. The van der Waals surface area contributed by atoms with E-state index < -0.39 is 31.3 Å². The molecule has 0 unspecified atom stereocenters. The normalized spacial score (nSPS) is 11.4. The molecule has 8 aromatic carbocycles. The fourth-order valence-electron chi connectivity index (χ4n) is 6.82. The zero-order valence-electron chi connectivity index (χ0n) is 43.8. The van der Waals surface area contributed by atoms with Crippen LogP contribution in [-0.4, -0.2) is 71.8 Å². The summed E-state index contributed by atoms with van der Waals surface area (Å²) in [6.07, 6.45) is 7.16. The molecule has 0 N–H and O–H groups in total. The first kappa shape index (κ1) is 66.3. The molecule has 0 saturated heterocycles. The number of benzene rings is 8. The molecule has 14 nitrogen and oxygen atoms in total. The molecule has 0 spiro atoms. The summed E-state index contributed by atoms with van der Waals surface area (Å²) in [4.78, 5) is 27.6. The van der Waals surface area contributed by atoms with Gasteiger partial charge in [0.15, 0.2) is 20.2 Å². The molecule has 0 aliphatic heterocycles. The average molecular weight is 1220 g/mol. The van der Waals surface area contributed by atoms with Gasteiger partial charge in [0.1, 0.15) is 0 Å². The number of hydrogen-bond acceptors (Lipinski definition) is 14. The van der Waals surface area contributed by atoms with Crippen molar-refractivity contribution in [3.05, 3.63) is 229 Å². The second kappa shape index (κ2) is 31.7. The van der Waals surface area contributed by atoms with Crippen molar-refractivity contribution >= 4 is 111 Å². The van der Waals surface area contributed by atoms with Gasteiger partial charge >= 0.3 is 30.5 Å². The van der Waals surface area contributed by atoms with Crippen molar-refractivity contribution in [1.29, 1.82) is 10.5 Å². The molecule has 0 aliphatic rings. The summed E-state index contributed by atoms with van der Waals surface area (Å²) in [6.45, 7) is 2.86. The smallest absolute Gasteiger partial charge is 0.741 e. The molecule has 2 heterocycles. The van der Waals surface area contributed by atoms with Gasteiger partial charge in [-0.05, 0) is 116 Å². The molecule has 23 heteroatoms. The quantitative estimate of drug-likeness (QED) is 0.0458. The van der Waals surface area contributed by atoms with Crippen LogP contribution in [0.4, 0.5) is 49.1 Å². The number of nitriles is 2. The fourth-order valence-corrected chi connectivity index (χ4v) is 6.82. The van der Waals surface area contributed by atoms with Gasteiger partial charge in [-0.2, -0.15) is 36.9 Å². The molecule has 0 bridgehead atoms. The third kappa shape index (κ3) is 22.0. The third-order valence-electron chi connectivity index (χ3n) is 10.5. The molecule has 2 aromatic heterocycles. The van der Waals surface area contributed by atoms with Crippen LogP contribution in [0.15, 0.2) is 226 Å². The predicted octanol–water partition coefficient (Wildman–Crippen LogP) is 14.9. The summed E-state index contributed by atoms with van der Waals surface area (Å²) in [5.41, 5.74) is -4.47. The van der Waals surface area contributed by atoms with E-state index in [9.17, 15) is 26.3 Å². The van der Waals surface area contributed by atoms with E-state index in [2.05, 4.69) is 127 Å². The van der Waals surface area contributed by atoms with Crippen LogP contribution in [0.3, 0.4) is 0 Å². The Bertz CT molecular complexity index is 3770. The van der Waals surface area contributed by atoms with Crippen LogP contribution >= 0.6 is 0 Å². The van der Waals surface area contributed by atoms with Gasteiger partial charge in [0, 0.05) is 13.8 Å². The minimum atomic E-state index is -6.09. The zero-order valence-corrected chi connectivity index (χ0v) is 48.4. The topological polar surface area (TPSA) is 237 Å². The van der Waals surface area contributed by atoms with Gasteiger partial charge in [0.2, 0.25) is 0 Å². The Balaban J connectivity index is 0.000000261. The Labute approximate surface area is 486 Å². The summed E-state index contributed by atoms with van der Waals surface area (Å²) in [6, 6.07) is 73.0. The first-order valence-electron chi connectivity index (χ1n) is 23.7. The monoisotopic (exact) mass is 1210 g/mol. The van der Waals surface area contributed by atoms with E-state index >= 15 is 0 Å². The van der Waals surface area contributed by atoms with Gasteiger partial charge in [-0.1, -0.05) is 133 Å². The van der Waals surface area contributed by atoms with Crippen molar-refractivity contribution in [2.24, 2.45) is 20.0 Å². The molecule has 416 valence electrons. The molecule has 0 atom stereocenters. The molecule has 0 aliphatic carbocycles. The molecule has 10 rings (SSSR count). The van der Waals surface area contributed by atoms with Crippen molar-refractivity contribution in [3.8, 4) is 12.1 Å². The number of nitrogens with zero attached hydrogens (tertiary/aromatic N) is 8.